The molecule has 0 radical (unpaired) electrons. The van der Waals surface area contributed by atoms with Gasteiger partial charge in [0.25, 0.3) is 0 Å². The molecule has 132 valence electrons. The zero-order valence-electron chi connectivity index (χ0n) is 14.7. The van der Waals surface area contributed by atoms with Crippen LogP contribution < -0.4 is 0 Å². The normalized spacial score (nSPS) is 18.6. The summed E-state index contributed by atoms with van der Waals surface area (Å²) < 4.78 is 7.38. The molecule has 2 aromatic rings. The van der Waals surface area contributed by atoms with Crippen LogP contribution in [0.5, 0.6) is 0 Å². The van der Waals surface area contributed by atoms with Gasteiger partial charge in [-0.25, -0.2) is 9.97 Å². The maximum Gasteiger partial charge on any atom is 0.225 e. The van der Waals surface area contributed by atoms with Crippen molar-refractivity contribution in [2.45, 2.75) is 44.2 Å². The predicted molar refractivity (Wildman–Crippen MR) is 91.6 cm³/mol. The van der Waals surface area contributed by atoms with Gasteiger partial charge in [-0.1, -0.05) is 0 Å². The van der Waals surface area contributed by atoms with Gasteiger partial charge >= 0.3 is 0 Å². The number of aryl methyl sites for hydroxylation is 1. The van der Waals surface area contributed by atoms with Gasteiger partial charge in [-0.3, -0.25) is 9.48 Å². The lowest BCUT2D eigenvalue weighted by molar-refractivity contribution is -0.145. The second-order valence-electron chi connectivity index (χ2n) is 7.03. The Hall–Kier alpha value is -2.28. The molecule has 0 atom stereocenters. The monoisotopic (exact) mass is 341 g/mol. The largest absolute Gasteiger partial charge is 0.378 e. The molecule has 1 aliphatic heterocycles. The fourth-order valence-corrected chi connectivity index (χ4v) is 3.76. The van der Waals surface area contributed by atoms with Gasteiger partial charge in [0, 0.05) is 51.0 Å². The minimum atomic E-state index is -0.239. The van der Waals surface area contributed by atoms with Crippen molar-refractivity contribution >= 4 is 5.91 Å². The van der Waals surface area contributed by atoms with Crippen molar-refractivity contribution in [3.8, 4) is 11.3 Å². The van der Waals surface area contributed by atoms with Gasteiger partial charge in [0.05, 0.1) is 29.6 Å². The van der Waals surface area contributed by atoms with Gasteiger partial charge in [0.1, 0.15) is 6.33 Å². The molecule has 2 aliphatic rings. The number of aromatic nitrogens is 4. The highest BCUT2D eigenvalue weighted by atomic mass is 16.5. The van der Waals surface area contributed by atoms with Gasteiger partial charge in [0.15, 0.2) is 0 Å². The molecule has 2 aromatic heterocycles. The molecule has 25 heavy (non-hydrogen) atoms. The van der Waals surface area contributed by atoms with Gasteiger partial charge in [-0.15, -0.1) is 0 Å². The number of carbonyl (C=O) groups excluding carboxylic acids is 1. The van der Waals surface area contributed by atoms with E-state index in [1.54, 1.807) is 24.3 Å². The molecule has 1 aliphatic carbocycles. The quantitative estimate of drug-likeness (QED) is 0.847. The molecule has 0 bridgehead atoms. The first-order chi connectivity index (χ1) is 12.1. The second-order valence-corrected chi connectivity index (χ2v) is 7.03. The van der Waals surface area contributed by atoms with Gasteiger partial charge in [-0.2, -0.15) is 5.10 Å². The summed E-state index contributed by atoms with van der Waals surface area (Å²) in [5, 5.41) is 4.23. The summed E-state index contributed by atoms with van der Waals surface area (Å²) in [5.41, 5.74) is 3.66. The average Bonchev–Trinajstić information content (AvgIpc) is 3.03. The van der Waals surface area contributed by atoms with Gasteiger partial charge in [0.2, 0.25) is 5.91 Å². The third-order valence-electron chi connectivity index (χ3n) is 5.50. The third-order valence-corrected chi connectivity index (χ3v) is 5.50. The second kappa shape index (κ2) is 6.22. The van der Waals surface area contributed by atoms with Crippen LogP contribution in [0.25, 0.3) is 11.3 Å². The van der Waals surface area contributed by atoms with Crippen molar-refractivity contribution in [2.24, 2.45) is 7.05 Å². The standard InChI is InChI=1S/C18H23N5O2/c1-22-10-13(9-21-22)17-14-11-23(7-4-15(14)19-12-20-17)16(24)8-18(25-2)5-3-6-18/h9-10,12H,3-8,11H2,1-2H3. The van der Waals surface area contributed by atoms with E-state index in [0.29, 0.717) is 19.5 Å². The molecule has 0 N–H and O–H groups in total. The zero-order chi connectivity index (χ0) is 17.4. The molecule has 1 saturated carbocycles. The first-order valence-corrected chi connectivity index (χ1v) is 8.75. The summed E-state index contributed by atoms with van der Waals surface area (Å²) in [5.74, 6) is 0.160. The Balaban J connectivity index is 1.57. The van der Waals surface area contributed by atoms with Crippen molar-refractivity contribution in [1.29, 1.82) is 0 Å². The summed E-state index contributed by atoms with van der Waals surface area (Å²) >= 11 is 0. The van der Waals surface area contributed by atoms with Crippen LogP contribution in [0, 0.1) is 0 Å². The van der Waals surface area contributed by atoms with Crippen LogP contribution in [-0.4, -0.2) is 49.8 Å². The summed E-state index contributed by atoms with van der Waals surface area (Å²) in [4.78, 5) is 23.6. The molecule has 0 aromatic carbocycles. The van der Waals surface area contributed by atoms with Gasteiger partial charge in [-0.05, 0) is 19.3 Å². The molecule has 1 fully saturated rings. The number of methoxy groups -OCH3 is 1. The molecule has 4 rings (SSSR count). The SMILES string of the molecule is COC1(CC(=O)N2CCc3ncnc(-c4cnn(C)c4)c3C2)CCC1. The third kappa shape index (κ3) is 2.93. The smallest absolute Gasteiger partial charge is 0.225 e. The number of hydrogen-bond donors (Lipinski definition) is 0. The van der Waals surface area contributed by atoms with Crippen molar-refractivity contribution in [3.05, 3.63) is 30.0 Å². The van der Waals surface area contributed by atoms with E-state index in [4.69, 9.17) is 4.74 Å². The minimum absolute atomic E-state index is 0.160. The minimum Gasteiger partial charge on any atom is -0.378 e. The molecule has 7 nitrogen and oxygen atoms in total. The molecular weight excluding hydrogens is 318 g/mol. The highest BCUT2D eigenvalue weighted by molar-refractivity contribution is 5.78. The Labute approximate surface area is 147 Å². The van der Waals surface area contributed by atoms with E-state index in [1.807, 2.05) is 18.1 Å². The molecule has 3 heterocycles. The Kier molecular flexibility index (Phi) is 4.03. The summed E-state index contributed by atoms with van der Waals surface area (Å²) in [6.45, 7) is 1.26. The van der Waals surface area contributed by atoms with Gasteiger partial charge < -0.3 is 9.64 Å². The number of fused-ring (bicyclic) bond motifs is 1. The number of amides is 1. The van der Waals surface area contributed by atoms with Crippen molar-refractivity contribution < 1.29 is 9.53 Å². The van der Waals surface area contributed by atoms with Crippen molar-refractivity contribution in [1.82, 2.24) is 24.6 Å². The lowest BCUT2D eigenvalue weighted by atomic mass is 9.77. The molecular formula is C18H23N5O2. The number of nitrogens with zero attached hydrogens (tertiary/aromatic N) is 5. The predicted octanol–water partition coefficient (Wildman–Crippen LogP) is 1.72. The average molecular weight is 341 g/mol. The first-order valence-electron chi connectivity index (χ1n) is 8.75. The number of carbonyl (C=O) groups is 1. The zero-order valence-corrected chi connectivity index (χ0v) is 14.7. The van der Waals surface area contributed by atoms with E-state index in [9.17, 15) is 4.79 Å². The van der Waals surface area contributed by atoms with Crippen LogP contribution in [0.3, 0.4) is 0 Å². The first kappa shape index (κ1) is 16.2. The van der Waals surface area contributed by atoms with Crippen molar-refractivity contribution in [3.63, 3.8) is 0 Å². The highest BCUT2D eigenvalue weighted by Gasteiger charge is 2.40. The number of hydrogen-bond acceptors (Lipinski definition) is 5. The van der Waals surface area contributed by atoms with Crippen LogP contribution in [-0.2, 0) is 29.5 Å². The summed E-state index contributed by atoms with van der Waals surface area (Å²) in [6, 6.07) is 0. The summed E-state index contributed by atoms with van der Waals surface area (Å²) in [7, 11) is 3.60. The highest BCUT2D eigenvalue weighted by Crippen LogP contribution is 2.39. The Morgan fingerprint density at radius 3 is 2.84 bits per heavy atom. The van der Waals surface area contributed by atoms with Crippen LogP contribution in [0.15, 0.2) is 18.7 Å². The van der Waals surface area contributed by atoms with Crippen LogP contribution in [0.2, 0.25) is 0 Å². The lowest BCUT2D eigenvalue weighted by Crippen LogP contribution is -2.46. The Bertz CT molecular complexity index is 791. The maximum absolute atomic E-state index is 12.8. The van der Waals surface area contributed by atoms with Crippen LogP contribution in [0.4, 0.5) is 0 Å². The van der Waals surface area contributed by atoms with Crippen LogP contribution in [0.1, 0.15) is 36.9 Å². The molecule has 0 saturated heterocycles. The molecule has 0 unspecified atom stereocenters. The van der Waals surface area contributed by atoms with E-state index < -0.39 is 0 Å². The summed E-state index contributed by atoms with van der Waals surface area (Å²) in [6.07, 6.45) is 9.67. The van der Waals surface area contributed by atoms with E-state index in [0.717, 1.165) is 48.2 Å². The Morgan fingerprint density at radius 2 is 2.20 bits per heavy atom. The molecule has 1 amide bonds. The fraction of sp³-hybridized carbons (Fsp3) is 0.556. The molecule has 7 heteroatoms. The topological polar surface area (TPSA) is 73.1 Å². The van der Waals surface area contributed by atoms with Crippen molar-refractivity contribution in [2.75, 3.05) is 13.7 Å². The number of ether oxygens (including phenoxy) is 1. The van der Waals surface area contributed by atoms with E-state index in [1.165, 1.54) is 0 Å². The van der Waals surface area contributed by atoms with E-state index >= 15 is 0 Å². The number of rotatable bonds is 4. The lowest BCUT2D eigenvalue weighted by Gasteiger charge is -2.41. The van der Waals surface area contributed by atoms with E-state index in [2.05, 4.69) is 15.1 Å². The maximum atomic E-state index is 12.8. The fourth-order valence-electron chi connectivity index (χ4n) is 3.76. The van der Waals surface area contributed by atoms with Crippen LogP contribution >= 0.6 is 0 Å². The molecule has 0 spiro atoms. The van der Waals surface area contributed by atoms with E-state index in [-0.39, 0.29) is 11.5 Å². The Morgan fingerprint density at radius 1 is 1.36 bits per heavy atom.